The monoisotopic (exact) mass is 526 g/mol. The second-order valence-electron chi connectivity index (χ2n) is 10.5. The van der Waals surface area contributed by atoms with Gasteiger partial charge >= 0.3 is 0 Å². The van der Waals surface area contributed by atoms with Crippen LogP contribution in [0.3, 0.4) is 0 Å². The van der Waals surface area contributed by atoms with Gasteiger partial charge in [0.2, 0.25) is 0 Å². The summed E-state index contributed by atoms with van der Waals surface area (Å²) >= 11 is 0. The molecule has 2 aromatic heterocycles. The maximum atomic E-state index is 13.8. The maximum Gasteiger partial charge on any atom is 0.273 e. The smallest absolute Gasteiger partial charge is 0.273 e. The molecule has 0 aliphatic carbocycles. The van der Waals surface area contributed by atoms with Gasteiger partial charge in [0, 0.05) is 30.1 Å². The van der Waals surface area contributed by atoms with Crippen molar-refractivity contribution in [2.75, 3.05) is 13.7 Å². The van der Waals surface area contributed by atoms with Crippen LogP contribution in [0, 0.1) is 19.8 Å². The number of carbonyl (C=O) groups is 1. The van der Waals surface area contributed by atoms with E-state index in [0.29, 0.717) is 47.5 Å². The highest BCUT2D eigenvalue weighted by atomic mass is 16.5. The fourth-order valence-corrected chi connectivity index (χ4v) is 5.12. The predicted molar refractivity (Wildman–Crippen MR) is 149 cm³/mol. The van der Waals surface area contributed by atoms with Crippen LogP contribution < -0.4 is 9.47 Å². The minimum atomic E-state index is -0.472. The van der Waals surface area contributed by atoms with Crippen LogP contribution in [0.5, 0.6) is 17.2 Å². The minimum absolute atomic E-state index is 0.151. The lowest BCUT2D eigenvalue weighted by Crippen LogP contribution is -2.29. The Morgan fingerprint density at radius 1 is 1.13 bits per heavy atom. The highest BCUT2D eigenvalue weighted by Gasteiger charge is 2.43. The Hall–Kier alpha value is -4.33. The number of H-pyrrole nitrogens is 1. The van der Waals surface area contributed by atoms with Crippen LogP contribution in [0.15, 0.2) is 54.9 Å². The summed E-state index contributed by atoms with van der Waals surface area (Å²) in [7, 11) is 1.61. The van der Waals surface area contributed by atoms with Gasteiger partial charge in [-0.1, -0.05) is 32.0 Å². The second kappa shape index (κ2) is 10.8. The number of aromatic nitrogens is 3. The zero-order chi connectivity index (χ0) is 27.7. The first-order chi connectivity index (χ1) is 18.8. The van der Waals surface area contributed by atoms with E-state index in [2.05, 4.69) is 29.0 Å². The van der Waals surface area contributed by atoms with Crippen molar-refractivity contribution in [3.63, 3.8) is 0 Å². The molecule has 202 valence electrons. The molecule has 39 heavy (non-hydrogen) atoms. The molecule has 0 bridgehead atoms. The van der Waals surface area contributed by atoms with Crippen molar-refractivity contribution >= 4 is 5.91 Å². The number of carbonyl (C=O) groups excluding carboxylic acids is 1. The van der Waals surface area contributed by atoms with E-state index in [0.717, 1.165) is 34.2 Å². The van der Waals surface area contributed by atoms with Gasteiger partial charge in [-0.25, -0.2) is 0 Å². The second-order valence-corrected chi connectivity index (χ2v) is 10.5. The van der Waals surface area contributed by atoms with Gasteiger partial charge in [0.15, 0.2) is 11.5 Å². The lowest BCUT2D eigenvalue weighted by Gasteiger charge is -2.27. The Balaban J connectivity index is 1.62. The van der Waals surface area contributed by atoms with Crippen LogP contribution in [-0.4, -0.2) is 44.8 Å². The van der Waals surface area contributed by atoms with Gasteiger partial charge in [-0.15, -0.1) is 0 Å². The molecule has 8 nitrogen and oxygen atoms in total. The fourth-order valence-electron chi connectivity index (χ4n) is 5.12. The van der Waals surface area contributed by atoms with Crippen molar-refractivity contribution < 1.29 is 19.4 Å². The van der Waals surface area contributed by atoms with E-state index in [1.165, 1.54) is 0 Å². The SMILES string of the molecule is COc1cc(C2c3c(-c4cc(C)cc(C)c4O)n[nH]c3C(=O)N2Cc2cccnc2)ccc1OCCC(C)C. The number of pyridine rings is 1. The molecular formula is C31H34N4O4. The normalized spacial score (nSPS) is 14.7. The maximum absolute atomic E-state index is 13.8. The Bertz CT molecular complexity index is 1500. The molecule has 0 fully saturated rings. The summed E-state index contributed by atoms with van der Waals surface area (Å²) in [6.45, 7) is 9.09. The van der Waals surface area contributed by atoms with Crippen molar-refractivity contribution in [1.82, 2.24) is 20.1 Å². The molecule has 0 saturated carbocycles. The molecule has 5 rings (SSSR count). The Labute approximate surface area is 228 Å². The molecule has 8 heteroatoms. The summed E-state index contributed by atoms with van der Waals surface area (Å²) in [6.07, 6.45) is 4.41. The van der Waals surface area contributed by atoms with Gasteiger partial charge in [-0.3, -0.25) is 14.9 Å². The molecule has 4 aromatic rings. The van der Waals surface area contributed by atoms with Crippen LogP contribution in [-0.2, 0) is 6.54 Å². The van der Waals surface area contributed by atoms with Crippen molar-refractivity contribution in [2.24, 2.45) is 5.92 Å². The molecule has 3 heterocycles. The van der Waals surface area contributed by atoms with Crippen LogP contribution in [0.4, 0.5) is 0 Å². The van der Waals surface area contributed by atoms with Gasteiger partial charge < -0.3 is 19.5 Å². The van der Waals surface area contributed by atoms with Gasteiger partial charge in [0.1, 0.15) is 17.1 Å². The molecule has 1 unspecified atom stereocenters. The average molecular weight is 527 g/mol. The number of phenolic OH excluding ortho intramolecular Hbond substituents is 1. The number of aromatic amines is 1. The van der Waals surface area contributed by atoms with Gasteiger partial charge in [0.25, 0.3) is 5.91 Å². The molecule has 0 spiro atoms. The first kappa shape index (κ1) is 26.3. The van der Waals surface area contributed by atoms with Crippen molar-refractivity contribution in [3.05, 3.63) is 88.4 Å². The van der Waals surface area contributed by atoms with Crippen LogP contribution in [0.25, 0.3) is 11.3 Å². The number of nitrogens with one attached hydrogen (secondary N) is 1. The van der Waals surface area contributed by atoms with Crippen molar-refractivity contribution in [2.45, 2.75) is 46.7 Å². The Morgan fingerprint density at radius 2 is 1.95 bits per heavy atom. The van der Waals surface area contributed by atoms with Crippen LogP contribution >= 0.6 is 0 Å². The number of amides is 1. The third-order valence-corrected chi connectivity index (χ3v) is 7.10. The number of aryl methyl sites for hydroxylation is 2. The standard InChI is InChI=1S/C31H34N4O4/c1-18(2)10-12-39-24-9-8-22(15-25(24)38-5)29-26-27(23-14-19(3)13-20(4)30(23)36)33-34-28(26)31(37)35(29)17-21-7-6-11-32-16-21/h6-9,11,13-16,18,29,36H,10,12,17H2,1-5H3,(H,33,34). The third-order valence-electron chi connectivity index (χ3n) is 7.10. The van der Waals surface area contributed by atoms with Gasteiger partial charge in [0.05, 0.1) is 19.8 Å². The first-order valence-electron chi connectivity index (χ1n) is 13.2. The molecule has 1 atom stereocenters. The van der Waals surface area contributed by atoms with E-state index in [4.69, 9.17) is 9.47 Å². The predicted octanol–water partition coefficient (Wildman–Crippen LogP) is 5.97. The molecule has 1 aliphatic heterocycles. The van der Waals surface area contributed by atoms with E-state index >= 15 is 0 Å². The molecule has 2 aromatic carbocycles. The highest BCUT2D eigenvalue weighted by molar-refractivity contribution is 6.00. The zero-order valence-corrected chi connectivity index (χ0v) is 23.0. The summed E-state index contributed by atoms with van der Waals surface area (Å²) in [6, 6.07) is 12.9. The van der Waals surface area contributed by atoms with E-state index in [1.807, 2.05) is 56.3 Å². The number of fused-ring (bicyclic) bond motifs is 1. The number of phenols is 1. The van der Waals surface area contributed by atoms with E-state index in [9.17, 15) is 9.90 Å². The summed E-state index contributed by atoms with van der Waals surface area (Å²) in [5.41, 5.74) is 5.78. The minimum Gasteiger partial charge on any atom is -0.507 e. The first-order valence-corrected chi connectivity index (χ1v) is 13.2. The largest absolute Gasteiger partial charge is 0.507 e. The number of methoxy groups -OCH3 is 1. The highest BCUT2D eigenvalue weighted by Crippen LogP contribution is 2.47. The summed E-state index contributed by atoms with van der Waals surface area (Å²) < 4.78 is 11.7. The topological polar surface area (TPSA) is 101 Å². The number of hydrogen-bond donors (Lipinski definition) is 2. The summed E-state index contributed by atoms with van der Waals surface area (Å²) in [4.78, 5) is 19.8. The molecular weight excluding hydrogens is 492 g/mol. The number of nitrogens with zero attached hydrogens (tertiary/aromatic N) is 3. The zero-order valence-electron chi connectivity index (χ0n) is 23.0. The lowest BCUT2D eigenvalue weighted by atomic mass is 9.93. The van der Waals surface area contributed by atoms with Gasteiger partial charge in [-0.2, -0.15) is 5.10 Å². The van der Waals surface area contributed by atoms with Crippen molar-refractivity contribution in [3.8, 4) is 28.5 Å². The quantitative estimate of drug-likeness (QED) is 0.279. The Kier molecular flexibility index (Phi) is 7.28. The fraction of sp³-hybridized carbons (Fsp3) is 0.323. The summed E-state index contributed by atoms with van der Waals surface area (Å²) in [5, 5.41) is 18.5. The van der Waals surface area contributed by atoms with E-state index in [-0.39, 0.29) is 11.7 Å². The average Bonchev–Trinajstić information content (AvgIpc) is 3.45. The number of ether oxygens (including phenoxy) is 2. The Morgan fingerprint density at radius 3 is 2.67 bits per heavy atom. The molecule has 1 aliphatic rings. The molecule has 1 amide bonds. The number of rotatable bonds is 9. The number of benzene rings is 2. The third kappa shape index (κ3) is 5.06. The molecule has 0 radical (unpaired) electrons. The molecule has 2 N–H and O–H groups in total. The van der Waals surface area contributed by atoms with E-state index in [1.54, 1.807) is 24.4 Å². The molecule has 0 saturated heterocycles. The van der Waals surface area contributed by atoms with Crippen LogP contribution in [0.1, 0.15) is 64.6 Å². The number of hydrogen-bond acceptors (Lipinski definition) is 6. The summed E-state index contributed by atoms with van der Waals surface area (Å²) in [5.74, 6) is 1.76. The lowest BCUT2D eigenvalue weighted by molar-refractivity contribution is 0.0729. The van der Waals surface area contributed by atoms with Crippen LogP contribution in [0.2, 0.25) is 0 Å². The van der Waals surface area contributed by atoms with E-state index < -0.39 is 6.04 Å². The van der Waals surface area contributed by atoms with Gasteiger partial charge in [-0.05, 0) is 72.7 Å². The number of aromatic hydroxyl groups is 1. The van der Waals surface area contributed by atoms with Crippen molar-refractivity contribution in [1.29, 1.82) is 0 Å².